The Balaban J connectivity index is 1.93. The largest absolute Gasteiger partial charge is 0.352 e. The summed E-state index contributed by atoms with van der Waals surface area (Å²) in [5.41, 5.74) is 2.53. The maximum Gasteiger partial charge on any atom is 0.251 e. The molecule has 1 aliphatic carbocycles. The van der Waals surface area contributed by atoms with Gasteiger partial charge in [0, 0.05) is 23.6 Å². The van der Waals surface area contributed by atoms with Crippen LogP contribution in [-0.4, -0.2) is 18.2 Å². The highest BCUT2D eigenvalue weighted by atomic mass is 16.1. The van der Waals surface area contributed by atoms with Crippen LogP contribution in [0.5, 0.6) is 0 Å². The Hall–Kier alpha value is -1.64. The molecule has 0 aromatic heterocycles. The normalized spacial score (nSPS) is 24.1. The summed E-state index contributed by atoms with van der Waals surface area (Å²) in [5.74, 6) is 0.254. The number of fused-ring (bicyclic) bond motifs is 1. The van der Waals surface area contributed by atoms with Gasteiger partial charge in [-0.1, -0.05) is 26.0 Å². The Kier molecular flexibility index (Phi) is 2.34. The number of carbonyl (C=O) groups excluding carboxylic acids is 2. The fourth-order valence-corrected chi connectivity index (χ4v) is 2.68. The number of hydrogen-bond donors (Lipinski definition) is 1. The van der Waals surface area contributed by atoms with Crippen LogP contribution >= 0.6 is 0 Å². The maximum absolute atomic E-state index is 12.3. The number of hydrogen-bond acceptors (Lipinski definition) is 2. The van der Waals surface area contributed by atoms with Gasteiger partial charge in [-0.25, -0.2) is 0 Å². The zero-order chi connectivity index (χ0) is 12.9. The monoisotopic (exact) mass is 243 g/mol. The van der Waals surface area contributed by atoms with E-state index in [0.29, 0.717) is 17.7 Å². The molecule has 1 unspecified atom stereocenters. The van der Waals surface area contributed by atoms with E-state index in [1.54, 1.807) is 6.07 Å². The van der Waals surface area contributed by atoms with Gasteiger partial charge < -0.3 is 5.32 Å². The highest BCUT2D eigenvalue weighted by molar-refractivity contribution is 6.04. The molecule has 3 heteroatoms. The second-order valence-electron chi connectivity index (χ2n) is 5.99. The molecule has 2 aliphatic rings. The Morgan fingerprint density at radius 3 is 2.78 bits per heavy atom. The lowest BCUT2D eigenvalue weighted by atomic mass is 9.94. The van der Waals surface area contributed by atoms with Crippen LogP contribution in [0.1, 0.15) is 46.5 Å². The first-order valence-corrected chi connectivity index (χ1v) is 6.44. The van der Waals surface area contributed by atoms with Crippen molar-refractivity contribution in [3.8, 4) is 0 Å². The minimum atomic E-state index is -0.0547. The van der Waals surface area contributed by atoms with Gasteiger partial charge in [-0.15, -0.1) is 0 Å². The molecule has 0 radical (unpaired) electrons. The van der Waals surface area contributed by atoms with Crippen LogP contribution in [0.2, 0.25) is 0 Å². The lowest BCUT2D eigenvalue weighted by molar-refractivity contribution is 0.0946. The van der Waals surface area contributed by atoms with Gasteiger partial charge in [0.15, 0.2) is 5.78 Å². The summed E-state index contributed by atoms with van der Waals surface area (Å²) >= 11 is 0. The third-order valence-corrected chi connectivity index (χ3v) is 4.15. The van der Waals surface area contributed by atoms with E-state index < -0.39 is 0 Å². The Bertz CT molecular complexity index is 545. The number of carbonyl (C=O) groups is 2. The molecule has 1 fully saturated rings. The first-order valence-electron chi connectivity index (χ1n) is 6.44. The quantitative estimate of drug-likeness (QED) is 0.809. The predicted octanol–water partition coefficient (Wildman–Crippen LogP) is 2.20. The van der Waals surface area contributed by atoms with Crippen molar-refractivity contribution < 1.29 is 9.59 Å². The van der Waals surface area contributed by atoms with Gasteiger partial charge in [-0.3, -0.25) is 9.59 Å². The van der Waals surface area contributed by atoms with Gasteiger partial charge in [0.2, 0.25) is 0 Å². The average molecular weight is 243 g/mol. The van der Waals surface area contributed by atoms with Gasteiger partial charge in [0.1, 0.15) is 0 Å². The van der Waals surface area contributed by atoms with E-state index in [0.717, 1.165) is 18.4 Å². The van der Waals surface area contributed by atoms with Crippen molar-refractivity contribution in [2.75, 3.05) is 6.54 Å². The van der Waals surface area contributed by atoms with Gasteiger partial charge in [0.05, 0.1) is 0 Å². The van der Waals surface area contributed by atoms with Gasteiger partial charge in [-0.2, -0.15) is 0 Å². The number of nitrogens with one attached hydrogen (secondary N) is 1. The van der Waals surface area contributed by atoms with Crippen molar-refractivity contribution in [3.63, 3.8) is 0 Å². The van der Waals surface area contributed by atoms with Crippen molar-refractivity contribution in [1.82, 2.24) is 5.32 Å². The summed E-state index contributed by atoms with van der Waals surface area (Å²) in [6.07, 6.45) is 1.81. The lowest BCUT2D eigenvalue weighted by Gasteiger charge is -2.17. The molecule has 1 aromatic carbocycles. The van der Waals surface area contributed by atoms with E-state index >= 15 is 0 Å². The lowest BCUT2D eigenvalue weighted by Crippen LogP contribution is -2.32. The van der Waals surface area contributed by atoms with E-state index in [1.807, 2.05) is 12.1 Å². The van der Waals surface area contributed by atoms with E-state index in [1.165, 1.54) is 0 Å². The van der Waals surface area contributed by atoms with E-state index in [9.17, 15) is 9.59 Å². The fraction of sp³-hybridized carbons (Fsp3) is 0.467. The van der Waals surface area contributed by atoms with Crippen LogP contribution in [0.15, 0.2) is 18.2 Å². The van der Waals surface area contributed by atoms with Crippen LogP contribution in [0.4, 0.5) is 0 Å². The highest BCUT2D eigenvalue weighted by Crippen LogP contribution is 2.53. The van der Waals surface area contributed by atoms with Crippen molar-refractivity contribution in [2.24, 2.45) is 11.3 Å². The summed E-state index contributed by atoms with van der Waals surface area (Å²) in [7, 11) is 0. The summed E-state index contributed by atoms with van der Waals surface area (Å²) < 4.78 is 0. The average Bonchev–Trinajstić information content (AvgIpc) is 2.98. The Morgan fingerprint density at radius 2 is 2.11 bits per heavy atom. The smallest absolute Gasteiger partial charge is 0.251 e. The molecule has 1 heterocycles. The van der Waals surface area contributed by atoms with E-state index in [-0.39, 0.29) is 23.0 Å². The molecule has 1 saturated carbocycles. The molecule has 3 rings (SSSR count). The summed E-state index contributed by atoms with van der Waals surface area (Å²) in [6, 6.07) is 5.56. The highest BCUT2D eigenvalue weighted by Gasteiger charge is 2.50. The third-order valence-electron chi connectivity index (χ3n) is 4.15. The van der Waals surface area contributed by atoms with Crippen molar-refractivity contribution in [3.05, 3.63) is 34.9 Å². The molecule has 0 bridgehead atoms. The maximum atomic E-state index is 12.3. The van der Waals surface area contributed by atoms with Crippen LogP contribution in [0, 0.1) is 11.3 Å². The molecule has 1 aliphatic heterocycles. The van der Waals surface area contributed by atoms with Crippen LogP contribution in [-0.2, 0) is 6.42 Å². The van der Waals surface area contributed by atoms with Gasteiger partial charge >= 0.3 is 0 Å². The number of rotatable bonds is 2. The molecule has 0 spiro atoms. The topological polar surface area (TPSA) is 46.2 Å². The Morgan fingerprint density at radius 1 is 1.39 bits per heavy atom. The molecular formula is C15H17NO2. The van der Waals surface area contributed by atoms with Crippen LogP contribution in [0.3, 0.4) is 0 Å². The first kappa shape index (κ1) is 11.5. The number of benzene rings is 1. The molecule has 1 aromatic rings. The molecule has 18 heavy (non-hydrogen) atoms. The van der Waals surface area contributed by atoms with Crippen LogP contribution < -0.4 is 5.32 Å². The fourth-order valence-electron chi connectivity index (χ4n) is 2.68. The second-order valence-corrected chi connectivity index (χ2v) is 5.99. The zero-order valence-electron chi connectivity index (χ0n) is 10.7. The summed E-state index contributed by atoms with van der Waals surface area (Å²) in [5, 5.41) is 2.82. The van der Waals surface area contributed by atoms with Crippen molar-refractivity contribution in [1.29, 1.82) is 0 Å². The number of Topliss-reactive ketones (excluding diaryl/α,β-unsaturated/α-hetero) is 1. The predicted molar refractivity (Wildman–Crippen MR) is 68.7 cm³/mol. The van der Waals surface area contributed by atoms with Gasteiger partial charge in [0.25, 0.3) is 5.91 Å². The summed E-state index contributed by atoms with van der Waals surface area (Å²) in [6.45, 7) is 4.91. The van der Waals surface area contributed by atoms with Crippen molar-refractivity contribution >= 4 is 11.7 Å². The molecule has 3 nitrogen and oxygen atoms in total. The minimum absolute atomic E-state index is 0.0547. The van der Waals surface area contributed by atoms with Gasteiger partial charge in [-0.05, 0) is 29.9 Å². The first-order chi connectivity index (χ1) is 8.49. The van der Waals surface area contributed by atoms with E-state index in [4.69, 9.17) is 0 Å². The zero-order valence-corrected chi connectivity index (χ0v) is 10.7. The second kappa shape index (κ2) is 3.67. The van der Waals surface area contributed by atoms with E-state index in [2.05, 4.69) is 19.2 Å². The molecular weight excluding hydrogens is 226 g/mol. The Labute approximate surface area is 107 Å². The molecule has 1 atom stereocenters. The van der Waals surface area contributed by atoms with Crippen molar-refractivity contribution in [2.45, 2.75) is 26.7 Å². The molecule has 0 saturated heterocycles. The summed E-state index contributed by atoms with van der Waals surface area (Å²) in [4.78, 5) is 24.0. The third kappa shape index (κ3) is 1.74. The molecule has 1 amide bonds. The van der Waals surface area contributed by atoms with Crippen LogP contribution in [0.25, 0.3) is 0 Å². The molecule has 1 N–H and O–H groups in total. The number of amides is 1. The minimum Gasteiger partial charge on any atom is -0.352 e. The standard InChI is InChI=1S/C15H17NO2/c1-15(2)8-12(15)13(17)10-4-3-9-5-6-16-14(18)11(9)7-10/h3-4,7,12H,5-6,8H2,1-2H3,(H,16,18). The molecule has 94 valence electrons. The SMILES string of the molecule is CC1(C)CC1C(=O)c1ccc2c(c1)C(=O)NCC2. The number of ketones is 1.